The third-order valence-electron chi connectivity index (χ3n) is 4.09. The number of nitrogens with zero attached hydrogens (tertiary/aromatic N) is 2. The summed E-state index contributed by atoms with van der Waals surface area (Å²) in [5.41, 5.74) is 7.69. The van der Waals surface area contributed by atoms with E-state index >= 15 is 0 Å². The van der Waals surface area contributed by atoms with Gasteiger partial charge in [0, 0.05) is 6.54 Å². The minimum Gasteiger partial charge on any atom is -0.397 e. The molecular formula is C14H20N4O2. The number of anilines is 2. The summed E-state index contributed by atoms with van der Waals surface area (Å²) in [6, 6.07) is 3.62. The van der Waals surface area contributed by atoms with Crippen LogP contribution >= 0.6 is 0 Å². The molecule has 1 aromatic carbocycles. The van der Waals surface area contributed by atoms with Gasteiger partial charge in [0.1, 0.15) is 0 Å². The van der Waals surface area contributed by atoms with Crippen LogP contribution in [-0.2, 0) is 0 Å². The van der Waals surface area contributed by atoms with Gasteiger partial charge in [-0.15, -0.1) is 0 Å². The number of nitrogen functional groups attached to an aromatic ring is 1. The van der Waals surface area contributed by atoms with Crippen LogP contribution in [0.25, 0.3) is 11.0 Å². The van der Waals surface area contributed by atoms with E-state index in [1.54, 1.807) is 6.07 Å². The number of rotatable bonds is 3. The smallest absolute Gasteiger partial charge is 0.160 e. The van der Waals surface area contributed by atoms with Crippen molar-refractivity contribution in [1.29, 1.82) is 0 Å². The Morgan fingerprint density at radius 1 is 1.15 bits per heavy atom. The molecule has 6 nitrogen and oxygen atoms in total. The van der Waals surface area contributed by atoms with Crippen LogP contribution < -0.4 is 11.1 Å². The van der Waals surface area contributed by atoms with Crippen molar-refractivity contribution in [3.05, 3.63) is 12.1 Å². The van der Waals surface area contributed by atoms with Gasteiger partial charge in [-0.05, 0) is 35.3 Å². The van der Waals surface area contributed by atoms with Gasteiger partial charge < -0.3 is 16.2 Å². The van der Waals surface area contributed by atoms with Crippen molar-refractivity contribution < 1.29 is 9.74 Å². The molecule has 0 radical (unpaired) electrons. The fourth-order valence-electron chi connectivity index (χ4n) is 2.85. The fourth-order valence-corrected chi connectivity index (χ4v) is 2.85. The summed E-state index contributed by atoms with van der Waals surface area (Å²) in [6.07, 6.45) is 6.27. The molecule has 1 aliphatic rings. The minimum absolute atomic E-state index is 0.513. The molecule has 1 aromatic heterocycles. The van der Waals surface area contributed by atoms with E-state index in [4.69, 9.17) is 10.4 Å². The van der Waals surface area contributed by atoms with E-state index in [2.05, 4.69) is 15.6 Å². The van der Waals surface area contributed by atoms with Gasteiger partial charge >= 0.3 is 0 Å². The topological polar surface area (TPSA) is 97.2 Å². The van der Waals surface area contributed by atoms with E-state index in [-0.39, 0.29) is 0 Å². The molecule has 0 amide bonds. The number of nitrogens with two attached hydrogens (primary N) is 1. The molecule has 4 N–H and O–H groups in total. The Balaban J connectivity index is 1.76. The Labute approximate surface area is 117 Å². The van der Waals surface area contributed by atoms with Crippen LogP contribution in [0, 0.1) is 0 Å². The van der Waals surface area contributed by atoms with Crippen molar-refractivity contribution in [2.24, 2.45) is 0 Å². The summed E-state index contributed by atoms with van der Waals surface area (Å²) in [5, 5.41) is 21.6. The SMILES string of the molecule is Nc1ccc(NCC2(O)CCCCCC2)c2nonc12. The lowest BCUT2D eigenvalue weighted by molar-refractivity contribution is 0.0381. The van der Waals surface area contributed by atoms with Gasteiger partial charge in [0.25, 0.3) is 0 Å². The van der Waals surface area contributed by atoms with Crippen molar-refractivity contribution in [3.63, 3.8) is 0 Å². The zero-order chi connectivity index (χ0) is 14.0. The van der Waals surface area contributed by atoms with Crippen molar-refractivity contribution >= 4 is 22.4 Å². The number of fused-ring (bicyclic) bond motifs is 1. The molecular weight excluding hydrogens is 256 g/mol. The van der Waals surface area contributed by atoms with Crippen molar-refractivity contribution in [3.8, 4) is 0 Å². The molecule has 1 heterocycles. The second kappa shape index (κ2) is 5.28. The van der Waals surface area contributed by atoms with Crippen LogP contribution in [-0.4, -0.2) is 27.6 Å². The summed E-state index contributed by atoms with van der Waals surface area (Å²) in [7, 11) is 0. The van der Waals surface area contributed by atoms with Gasteiger partial charge in [0.2, 0.25) is 0 Å². The molecule has 108 valence electrons. The van der Waals surface area contributed by atoms with E-state index in [1.165, 1.54) is 12.8 Å². The highest BCUT2D eigenvalue weighted by atomic mass is 16.6. The maximum Gasteiger partial charge on any atom is 0.160 e. The number of hydrogen-bond acceptors (Lipinski definition) is 6. The Morgan fingerprint density at radius 3 is 2.60 bits per heavy atom. The Morgan fingerprint density at radius 2 is 1.85 bits per heavy atom. The lowest BCUT2D eigenvalue weighted by atomic mass is 9.94. The third-order valence-corrected chi connectivity index (χ3v) is 4.09. The zero-order valence-electron chi connectivity index (χ0n) is 11.4. The Bertz CT molecular complexity index is 588. The maximum atomic E-state index is 10.6. The lowest BCUT2D eigenvalue weighted by Crippen LogP contribution is -2.36. The summed E-state index contributed by atoms with van der Waals surface area (Å²) in [6.45, 7) is 0.513. The van der Waals surface area contributed by atoms with Gasteiger partial charge in [0.05, 0.1) is 17.0 Å². The number of hydrogen-bond donors (Lipinski definition) is 3. The highest BCUT2D eigenvalue weighted by molar-refractivity contribution is 5.94. The van der Waals surface area contributed by atoms with E-state index in [0.29, 0.717) is 23.3 Å². The molecule has 2 aromatic rings. The number of aliphatic hydroxyl groups is 1. The highest BCUT2D eigenvalue weighted by Gasteiger charge is 2.28. The summed E-state index contributed by atoms with van der Waals surface area (Å²) in [4.78, 5) is 0. The second-order valence-corrected chi connectivity index (χ2v) is 5.66. The first-order chi connectivity index (χ1) is 9.68. The minimum atomic E-state index is -0.638. The molecule has 1 aliphatic carbocycles. The van der Waals surface area contributed by atoms with Gasteiger partial charge in [0.15, 0.2) is 11.0 Å². The number of nitrogens with one attached hydrogen (secondary N) is 1. The van der Waals surface area contributed by atoms with Crippen LogP contribution in [0.1, 0.15) is 38.5 Å². The lowest BCUT2D eigenvalue weighted by Gasteiger charge is -2.27. The van der Waals surface area contributed by atoms with Crippen molar-refractivity contribution in [1.82, 2.24) is 10.3 Å². The van der Waals surface area contributed by atoms with Gasteiger partial charge in [-0.25, -0.2) is 4.63 Å². The molecule has 0 aliphatic heterocycles. The molecule has 1 fully saturated rings. The van der Waals surface area contributed by atoms with Gasteiger partial charge in [-0.2, -0.15) is 0 Å². The third kappa shape index (κ3) is 2.56. The van der Waals surface area contributed by atoms with Crippen LogP contribution in [0.4, 0.5) is 11.4 Å². The van der Waals surface area contributed by atoms with E-state index in [0.717, 1.165) is 31.4 Å². The molecule has 20 heavy (non-hydrogen) atoms. The first kappa shape index (κ1) is 13.2. The molecule has 1 saturated carbocycles. The average Bonchev–Trinajstić information content (AvgIpc) is 2.83. The molecule has 6 heteroatoms. The first-order valence-electron chi connectivity index (χ1n) is 7.15. The molecule has 3 rings (SSSR count). The predicted octanol–water partition coefficient (Wildman–Crippen LogP) is 2.30. The first-order valence-corrected chi connectivity index (χ1v) is 7.15. The van der Waals surface area contributed by atoms with Crippen LogP contribution in [0.15, 0.2) is 16.8 Å². The molecule has 0 unspecified atom stereocenters. The largest absolute Gasteiger partial charge is 0.397 e. The van der Waals surface area contributed by atoms with Crippen LogP contribution in [0.3, 0.4) is 0 Å². The predicted molar refractivity (Wildman–Crippen MR) is 77.4 cm³/mol. The van der Waals surface area contributed by atoms with Crippen molar-refractivity contribution in [2.75, 3.05) is 17.6 Å². The van der Waals surface area contributed by atoms with Crippen molar-refractivity contribution in [2.45, 2.75) is 44.1 Å². The zero-order valence-corrected chi connectivity index (χ0v) is 11.4. The average molecular weight is 276 g/mol. The molecule has 0 bridgehead atoms. The fraction of sp³-hybridized carbons (Fsp3) is 0.571. The summed E-state index contributed by atoms with van der Waals surface area (Å²) >= 11 is 0. The Kier molecular flexibility index (Phi) is 3.48. The summed E-state index contributed by atoms with van der Waals surface area (Å²) < 4.78 is 4.74. The van der Waals surface area contributed by atoms with Crippen LogP contribution in [0.5, 0.6) is 0 Å². The molecule has 0 spiro atoms. The molecule has 0 saturated heterocycles. The standard InChI is InChI=1S/C14H20N4O2/c15-10-5-6-11(13-12(10)17-20-18-13)16-9-14(19)7-3-1-2-4-8-14/h5-6,16,19H,1-4,7-9,15H2. The van der Waals surface area contributed by atoms with E-state index < -0.39 is 5.60 Å². The van der Waals surface area contributed by atoms with Gasteiger partial charge in [-0.1, -0.05) is 25.7 Å². The quantitative estimate of drug-likeness (QED) is 0.588. The molecule has 0 atom stereocenters. The Hall–Kier alpha value is -1.82. The second-order valence-electron chi connectivity index (χ2n) is 5.66. The maximum absolute atomic E-state index is 10.6. The van der Waals surface area contributed by atoms with Crippen LogP contribution in [0.2, 0.25) is 0 Å². The normalized spacial score (nSPS) is 18.9. The number of benzene rings is 1. The highest BCUT2D eigenvalue weighted by Crippen LogP contribution is 2.29. The summed E-state index contributed by atoms with van der Waals surface area (Å²) in [5.74, 6) is 0. The van der Waals surface area contributed by atoms with E-state index in [9.17, 15) is 5.11 Å². The monoisotopic (exact) mass is 276 g/mol. The number of aromatic nitrogens is 2. The van der Waals surface area contributed by atoms with Gasteiger partial charge in [-0.3, -0.25) is 0 Å². The van der Waals surface area contributed by atoms with E-state index in [1.807, 2.05) is 6.07 Å².